The third-order valence-electron chi connectivity index (χ3n) is 1.99. The Kier molecular flexibility index (Phi) is 4.08. The molecule has 0 spiro atoms. The predicted molar refractivity (Wildman–Crippen MR) is 59.4 cm³/mol. The van der Waals surface area contributed by atoms with Crippen LogP contribution in [-0.2, 0) is 6.42 Å². The van der Waals surface area contributed by atoms with Crippen LogP contribution in [0.3, 0.4) is 0 Å². The van der Waals surface area contributed by atoms with Gasteiger partial charge in [0.2, 0.25) is 0 Å². The van der Waals surface area contributed by atoms with Crippen molar-refractivity contribution in [3.05, 3.63) is 40.3 Å². The van der Waals surface area contributed by atoms with Gasteiger partial charge in [-0.15, -0.1) is 4.91 Å². The number of rotatable bonds is 4. The molecule has 0 radical (unpaired) electrons. The summed E-state index contributed by atoms with van der Waals surface area (Å²) in [6.07, 6.45) is 1.04. The normalized spacial score (nSPS) is 12.9. The number of nitrogens with zero attached hydrogens (tertiary/aromatic N) is 1. The maximum atomic E-state index is 10.2. The lowest BCUT2D eigenvalue weighted by Gasteiger charge is -2.06. The van der Waals surface area contributed by atoms with E-state index >= 15 is 0 Å². The van der Waals surface area contributed by atoms with E-state index in [1.165, 1.54) is 5.56 Å². The first kappa shape index (κ1) is 11.2. The van der Waals surface area contributed by atoms with E-state index in [4.69, 9.17) is 11.6 Å². The van der Waals surface area contributed by atoms with Crippen LogP contribution in [0.5, 0.6) is 0 Å². The Morgan fingerprint density at radius 3 is 2.29 bits per heavy atom. The van der Waals surface area contributed by atoms with Crippen LogP contribution in [0.15, 0.2) is 29.4 Å². The van der Waals surface area contributed by atoms with Gasteiger partial charge >= 0.3 is 0 Å². The van der Waals surface area contributed by atoms with Gasteiger partial charge in [-0.25, -0.2) is 0 Å². The number of nitroso groups, excluding NO2 is 1. The van der Waals surface area contributed by atoms with E-state index in [0.29, 0.717) is 5.92 Å². The molecular weight excluding hydrogens is 198 g/mol. The molecule has 2 nitrogen and oxygen atoms in total. The molecule has 0 aliphatic carbocycles. The van der Waals surface area contributed by atoms with Crippen molar-refractivity contribution < 1.29 is 0 Å². The highest BCUT2D eigenvalue weighted by molar-refractivity contribution is 6.20. The van der Waals surface area contributed by atoms with Crippen molar-refractivity contribution in [2.75, 3.05) is 0 Å². The van der Waals surface area contributed by atoms with Crippen LogP contribution in [0, 0.1) is 10.8 Å². The van der Waals surface area contributed by atoms with Crippen LogP contribution in [-0.4, -0.2) is 0 Å². The highest BCUT2D eigenvalue weighted by Gasteiger charge is 2.06. The SMILES string of the molecule is CC(C)Cc1ccc(C(Cl)N=O)cc1. The van der Waals surface area contributed by atoms with Crippen molar-refractivity contribution in [3.63, 3.8) is 0 Å². The fourth-order valence-electron chi connectivity index (χ4n) is 1.34. The monoisotopic (exact) mass is 211 g/mol. The van der Waals surface area contributed by atoms with Crippen LogP contribution in [0.25, 0.3) is 0 Å². The minimum atomic E-state index is -0.761. The summed E-state index contributed by atoms with van der Waals surface area (Å²) in [5.74, 6) is 0.636. The number of benzene rings is 1. The maximum Gasteiger partial charge on any atom is 0.190 e. The van der Waals surface area contributed by atoms with E-state index < -0.39 is 5.50 Å². The molecular formula is C11H14ClNO. The minimum absolute atomic E-state index is 0.636. The quantitative estimate of drug-likeness (QED) is 0.422. The largest absolute Gasteiger partial charge is 0.190 e. The third-order valence-corrected chi connectivity index (χ3v) is 2.32. The van der Waals surface area contributed by atoms with Gasteiger partial charge in [-0.2, -0.15) is 0 Å². The Morgan fingerprint density at radius 2 is 1.86 bits per heavy atom. The van der Waals surface area contributed by atoms with Crippen molar-refractivity contribution in [3.8, 4) is 0 Å². The predicted octanol–water partition coefficient (Wildman–Crippen LogP) is 3.89. The second kappa shape index (κ2) is 5.11. The molecule has 0 bridgehead atoms. The average molecular weight is 212 g/mol. The molecule has 0 aliphatic rings. The van der Waals surface area contributed by atoms with Crippen LogP contribution in [0.2, 0.25) is 0 Å². The fraction of sp³-hybridized carbons (Fsp3) is 0.455. The first-order valence-electron chi connectivity index (χ1n) is 4.69. The summed E-state index contributed by atoms with van der Waals surface area (Å²) >= 11 is 5.67. The molecule has 0 saturated heterocycles. The molecule has 1 atom stereocenters. The van der Waals surface area contributed by atoms with E-state index in [2.05, 4.69) is 19.0 Å². The standard InChI is InChI=1S/C11H14ClNO/c1-8(2)7-9-3-5-10(6-4-9)11(12)13-14/h3-6,8,11H,7H2,1-2H3. The summed E-state index contributed by atoms with van der Waals surface area (Å²) in [6, 6.07) is 7.71. The van der Waals surface area contributed by atoms with Crippen molar-refractivity contribution in [2.45, 2.75) is 25.8 Å². The molecule has 0 fully saturated rings. The highest BCUT2D eigenvalue weighted by atomic mass is 35.5. The summed E-state index contributed by atoms with van der Waals surface area (Å²) in [7, 11) is 0. The van der Waals surface area contributed by atoms with Gasteiger partial charge in [0.1, 0.15) is 0 Å². The summed E-state index contributed by atoms with van der Waals surface area (Å²) < 4.78 is 0. The van der Waals surface area contributed by atoms with Gasteiger partial charge in [-0.1, -0.05) is 49.7 Å². The van der Waals surface area contributed by atoms with Crippen molar-refractivity contribution >= 4 is 11.6 Å². The van der Waals surface area contributed by atoms with Gasteiger partial charge < -0.3 is 0 Å². The van der Waals surface area contributed by atoms with E-state index in [1.54, 1.807) is 0 Å². The van der Waals surface area contributed by atoms with Gasteiger partial charge in [-0.3, -0.25) is 0 Å². The van der Waals surface area contributed by atoms with Crippen LogP contribution >= 0.6 is 11.6 Å². The zero-order chi connectivity index (χ0) is 10.6. The van der Waals surface area contributed by atoms with E-state index in [0.717, 1.165) is 12.0 Å². The molecule has 1 aromatic carbocycles. The summed E-state index contributed by atoms with van der Waals surface area (Å²) in [5.41, 5.74) is 1.26. The topological polar surface area (TPSA) is 29.4 Å². The smallest absolute Gasteiger partial charge is 0.149 e. The zero-order valence-corrected chi connectivity index (χ0v) is 9.16. The van der Waals surface area contributed by atoms with E-state index in [-0.39, 0.29) is 0 Å². The molecule has 14 heavy (non-hydrogen) atoms. The van der Waals surface area contributed by atoms with Gasteiger partial charge in [-0.05, 0) is 28.6 Å². The number of halogens is 1. The maximum absolute atomic E-state index is 10.2. The van der Waals surface area contributed by atoms with Gasteiger partial charge in [0.25, 0.3) is 0 Å². The molecule has 76 valence electrons. The van der Waals surface area contributed by atoms with Crippen molar-refractivity contribution in [1.29, 1.82) is 0 Å². The number of alkyl halides is 1. The molecule has 0 N–H and O–H groups in total. The number of hydrogen-bond donors (Lipinski definition) is 0. The summed E-state index contributed by atoms with van der Waals surface area (Å²) in [6.45, 7) is 4.34. The molecule has 0 heterocycles. The van der Waals surface area contributed by atoms with Crippen LogP contribution in [0.4, 0.5) is 0 Å². The van der Waals surface area contributed by atoms with Gasteiger partial charge in [0, 0.05) is 0 Å². The first-order valence-corrected chi connectivity index (χ1v) is 5.12. The number of hydrogen-bond acceptors (Lipinski definition) is 2. The second-order valence-corrected chi connectivity index (χ2v) is 4.19. The fourth-order valence-corrected chi connectivity index (χ4v) is 1.49. The molecule has 1 aromatic rings. The van der Waals surface area contributed by atoms with Crippen molar-refractivity contribution in [2.24, 2.45) is 11.1 Å². The van der Waals surface area contributed by atoms with Crippen molar-refractivity contribution in [1.82, 2.24) is 0 Å². The lowest BCUT2D eigenvalue weighted by molar-refractivity contribution is 0.647. The summed E-state index contributed by atoms with van der Waals surface area (Å²) in [5, 5.41) is 2.76. The van der Waals surface area contributed by atoms with Crippen LogP contribution in [0.1, 0.15) is 30.5 Å². The second-order valence-electron chi connectivity index (χ2n) is 3.78. The van der Waals surface area contributed by atoms with Gasteiger partial charge in [0.15, 0.2) is 5.50 Å². The zero-order valence-electron chi connectivity index (χ0n) is 8.40. The van der Waals surface area contributed by atoms with E-state index in [1.807, 2.05) is 24.3 Å². The molecule has 0 aliphatic heterocycles. The average Bonchev–Trinajstić information content (AvgIpc) is 2.17. The van der Waals surface area contributed by atoms with Crippen LogP contribution < -0.4 is 0 Å². The Bertz CT molecular complexity index is 295. The first-order chi connectivity index (χ1) is 6.63. The Balaban J connectivity index is 2.73. The highest BCUT2D eigenvalue weighted by Crippen LogP contribution is 2.22. The molecule has 0 aromatic heterocycles. The molecule has 3 heteroatoms. The Labute approximate surface area is 89.3 Å². The molecule has 1 unspecified atom stereocenters. The lowest BCUT2D eigenvalue weighted by Crippen LogP contribution is -1.94. The molecule has 0 amide bonds. The lowest BCUT2D eigenvalue weighted by atomic mass is 10.0. The van der Waals surface area contributed by atoms with Gasteiger partial charge in [0.05, 0.1) is 0 Å². The Hall–Kier alpha value is -0.890. The minimum Gasteiger partial charge on any atom is -0.149 e. The van der Waals surface area contributed by atoms with E-state index in [9.17, 15) is 4.91 Å². The molecule has 1 rings (SSSR count). The summed E-state index contributed by atoms with van der Waals surface area (Å²) in [4.78, 5) is 10.2. The molecule has 0 saturated carbocycles. The third kappa shape index (κ3) is 3.11. The Morgan fingerprint density at radius 1 is 1.29 bits per heavy atom.